The Morgan fingerprint density at radius 3 is 2.29 bits per heavy atom. The molecule has 3 N–H and O–H groups in total. The minimum absolute atomic E-state index is 0.0178. The normalized spacial score (nSPS) is 36.0. The molecule has 4 heteroatoms. The van der Waals surface area contributed by atoms with Gasteiger partial charge in [-0.2, -0.15) is 0 Å². The van der Waals surface area contributed by atoms with Gasteiger partial charge >= 0.3 is 0 Å². The molecular weight excluding hydrogens is 184 g/mol. The summed E-state index contributed by atoms with van der Waals surface area (Å²) in [4.78, 5) is 0. The van der Waals surface area contributed by atoms with Crippen molar-refractivity contribution < 1.29 is 20.1 Å². The fraction of sp³-hybridized carbons (Fsp3) is 1.00. The first-order valence-electron chi connectivity index (χ1n) is 4.97. The van der Waals surface area contributed by atoms with Gasteiger partial charge < -0.3 is 20.1 Å². The number of hydrogen-bond acceptors (Lipinski definition) is 4. The Bertz CT molecular complexity index is 187. The summed E-state index contributed by atoms with van der Waals surface area (Å²) in [5, 5.41) is 28.5. The predicted octanol–water partition coefficient (Wildman–Crippen LogP) is -0.0959. The van der Waals surface area contributed by atoms with E-state index < -0.39 is 24.4 Å². The second-order valence-corrected chi connectivity index (χ2v) is 5.19. The molecule has 14 heavy (non-hydrogen) atoms. The second-order valence-electron chi connectivity index (χ2n) is 5.19. The number of ether oxygens (including phenoxy) is 1. The van der Waals surface area contributed by atoms with Crippen LogP contribution in [0, 0.1) is 5.41 Å². The summed E-state index contributed by atoms with van der Waals surface area (Å²) < 4.78 is 5.14. The van der Waals surface area contributed by atoms with Crippen LogP contribution in [0.15, 0.2) is 0 Å². The van der Waals surface area contributed by atoms with Crippen LogP contribution in [-0.4, -0.2) is 46.3 Å². The van der Waals surface area contributed by atoms with Gasteiger partial charge in [-0.05, 0) is 11.8 Å². The van der Waals surface area contributed by atoms with E-state index in [1.54, 1.807) is 0 Å². The summed E-state index contributed by atoms with van der Waals surface area (Å²) in [5.74, 6) is 0. The van der Waals surface area contributed by atoms with E-state index in [4.69, 9.17) is 4.74 Å². The molecule has 1 aliphatic rings. The first-order valence-corrected chi connectivity index (χ1v) is 4.97. The monoisotopic (exact) mass is 204 g/mol. The SMILES string of the molecule is CC(C)(C)CC(O)C1OCC(O)C1O. The topological polar surface area (TPSA) is 69.9 Å². The van der Waals surface area contributed by atoms with Gasteiger partial charge in [-0.15, -0.1) is 0 Å². The highest BCUT2D eigenvalue weighted by molar-refractivity contribution is 4.89. The summed E-state index contributed by atoms with van der Waals surface area (Å²) in [6.45, 7) is 6.13. The summed E-state index contributed by atoms with van der Waals surface area (Å²) >= 11 is 0. The largest absolute Gasteiger partial charge is 0.390 e. The second kappa shape index (κ2) is 4.14. The van der Waals surface area contributed by atoms with Gasteiger partial charge in [-0.3, -0.25) is 0 Å². The molecule has 0 amide bonds. The molecule has 0 spiro atoms. The van der Waals surface area contributed by atoms with Crippen molar-refractivity contribution in [3.63, 3.8) is 0 Å². The Hall–Kier alpha value is -0.160. The fourth-order valence-corrected chi connectivity index (χ4v) is 1.71. The summed E-state index contributed by atoms with van der Waals surface area (Å²) in [6, 6.07) is 0. The standard InChI is InChI=1S/C10H20O4/c1-10(2,3)4-6(11)9-8(13)7(12)5-14-9/h6-9,11-13H,4-5H2,1-3H3. The predicted molar refractivity (Wildman–Crippen MR) is 51.8 cm³/mol. The van der Waals surface area contributed by atoms with E-state index in [-0.39, 0.29) is 12.0 Å². The van der Waals surface area contributed by atoms with Crippen molar-refractivity contribution in [2.24, 2.45) is 5.41 Å². The zero-order chi connectivity index (χ0) is 10.9. The molecular formula is C10H20O4. The van der Waals surface area contributed by atoms with Crippen LogP contribution in [0.1, 0.15) is 27.2 Å². The third-order valence-electron chi connectivity index (χ3n) is 2.39. The molecule has 4 nitrogen and oxygen atoms in total. The Kier molecular flexibility index (Phi) is 3.53. The Morgan fingerprint density at radius 2 is 1.93 bits per heavy atom. The van der Waals surface area contributed by atoms with Crippen LogP contribution in [0.5, 0.6) is 0 Å². The molecule has 1 saturated heterocycles. The Balaban J connectivity index is 2.49. The number of rotatable bonds is 2. The van der Waals surface area contributed by atoms with Crippen molar-refractivity contribution in [2.75, 3.05) is 6.61 Å². The van der Waals surface area contributed by atoms with Crippen LogP contribution in [-0.2, 0) is 4.74 Å². The van der Waals surface area contributed by atoms with Gasteiger partial charge in [0.15, 0.2) is 0 Å². The lowest BCUT2D eigenvalue weighted by Crippen LogP contribution is -2.40. The maximum Gasteiger partial charge on any atom is 0.112 e. The molecule has 0 aromatic carbocycles. The van der Waals surface area contributed by atoms with E-state index >= 15 is 0 Å². The van der Waals surface area contributed by atoms with Crippen LogP contribution in [0.2, 0.25) is 0 Å². The highest BCUT2D eigenvalue weighted by atomic mass is 16.5. The van der Waals surface area contributed by atoms with Crippen molar-refractivity contribution in [2.45, 2.75) is 51.6 Å². The molecule has 4 unspecified atom stereocenters. The summed E-state index contributed by atoms with van der Waals surface area (Å²) in [5.41, 5.74) is -0.0178. The molecule has 0 aliphatic carbocycles. The molecule has 0 bridgehead atoms. The van der Waals surface area contributed by atoms with Gasteiger partial charge in [-0.25, -0.2) is 0 Å². The molecule has 84 valence electrons. The summed E-state index contributed by atoms with van der Waals surface area (Å²) in [7, 11) is 0. The van der Waals surface area contributed by atoms with Gasteiger partial charge in [0.1, 0.15) is 18.3 Å². The smallest absolute Gasteiger partial charge is 0.112 e. The van der Waals surface area contributed by atoms with Gasteiger partial charge in [0.2, 0.25) is 0 Å². The molecule has 0 aromatic rings. The average molecular weight is 204 g/mol. The number of aliphatic hydroxyl groups is 3. The van der Waals surface area contributed by atoms with Crippen molar-refractivity contribution in [1.29, 1.82) is 0 Å². The maximum absolute atomic E-state index is 9.78. The average Bonchev–Trinajstić information content (AvgIpc) is 2.29. The Labute approximate surface area is 84.5 Å². The number of aliphatic hydroxyl groups excluding tert-OH is 3. The van der Waals surface area contributed by atoms with E-state index in [0.29, 0.717) is 6.42 Å². The first-order chi connectivity index (χ1) is 6.31. The number of hydrogen-bond donors (Lipinski definition) is 3. The van der Waals surface area contributed by atoms with E-state index in [0.717, 1.165) is 0 Å². The molecule has 4 atom stereocenters. The third-order valence-corrected chi connectivity index (χ3v) is 2.39. The fourth-order valence-electron chi connectivity index (χ4n) is 1.71. The lowest BCUT2D eigenvalue weighted by molar-refractivity contribution is -0.0631. The Morgan fingerprint density at radius 1 is 1.36 bits per heavy atom. The van der Waals surface area contributed by atoms with E-state index in [1.807, 2.05) is 20.8 Å². The highest BCUT2D eigenvalue weighted by Gasteiger charge is 2.40. The van der Waals surface area contributed by atoms with Gasteiger partial charge in [0.25, 0.3) is 0 Å². The van der Waals surface area contributed by atoms with E-state index in [1.165, 1.54) is 0 Å². The molecule has 1 heterocycles. The van der Waals surface area contributed by atoms with Crippen LogP contribution in [0.3, 0.4) is 0 Å². The van der Waals surface area contributed by atoms with E-state index in [2.05, 4.69) is 0 Å². The van der Waals surface area contributed by atoms with Crippen LogP contribution in [0.25, 0.3) is 0 Å². The molecule has 0 aromatic heterocycles. The maximum atomic E-state index is 9.78. The van der Waals surface area contributed by atoms with Gasteiger partial charge in [0.05, 0.1) is 12.7 Å². The molecule has 0 saturated carbocycles. The zero-order valence-electron chi connectivity index (χ0n) is 8.97. The minimum Gasteiger partial charge on any atom is -0.390 e. The van der Waals surface area contributed by atoms with Crippen LogP contribution < -0.4 is 0 Å². The molecule has 1 rings (SSSR count). The first kappa shape index (κ1) is 11.9. The third kappa shape index (κ3) is 2.92. The lowest BCUT2D eigenvalue weighted by Gasteiger charge is -2.27. The van der Waals surface area contributed by atoms with Crippen molar-refractivity contribution >= 4 is 0 Å². The molecule has 0 radical (unpaired) electrons. The van der Waals surface area contributed by atoms with Crippen molar-refractivity contribution in [3.8, 4) is 0 Å². The highest BCUT2D eigenvalue weighted by Crippen LogP contribution is 2.27. The zero-order valence-corrected chi connectivity index (χ0v) is 8.97. The summed E-state index contributed by atoms with van der Waals surface area (Å²) in [6.07, 6.45) is -2.66. The van der Waals surface area contributed by atoms with Crippen LogP contribution >= 0.6 is 0 Å². The van der Waals surface area contributed by atoms with Gasteiger partial charge in [-0.1, -0.05) is 20.8 Å². The van der Waals surface area contributed by atoms with Crippen molar-refractivity contribution in [3.05, 3.63) is 0 Å². The minimum atomic E-state index is -0.965. The van der Waals surface area contributed by atoms with Gasteiger partial charge in [0, 0.05) is 0 Å². The van der Waals surface area contributed by atoms with Crippen LogP contribution in [0.4, 0.5) is 0 Å². The molecule has 1 aliphatic heterocycles. The van der Waals surface area contributed by atoms with Crippen molar-refractivity contribution in [1.82, 2.24) is 0 Å². The van der Waals surface area contributed by atoms with E-state index in [9.17, 15) is 15.3 Å². The molecule has 1 fully saturated rings. The quantitative estimate of drug-likeness (QED) is 0.587. The lowest BCUT2D eigenvalue weighted by atomic mass is 9.86.